The van der Waals surface area contributed by atoms with Crippen LogP contribution in [0.25, 0.3) is 10.9 Å². The molecule has 2 heterocycles. The molecule has 0 saturated carbocycles. The molecule has 0 bridgehead atoms. The van der Waals surface area contributed by atoms with Crippen molar-refractivity contribution in [2.24, 2.45) is 0 Å². The third-order valence-corrected chi connectivity index (χ3v) is 3.93. The molecule has 4 heteroatoms. The van der Waals surface area contributed by atoms with Crippen LogP contribution in [0.5, 0.6) is 0 Å². The quantitative estimate of drug-likeness (QED) is 0.782. The minimum atomic E-state index is 0.0774. The van der Waals surface area contributed by atoms with Gasteiger partial charge in [-0.05, 0) is 42.5 Å². The Bertz CT molecular complexity index is 755. The molecule has 0 saturated heterocycles. The van der Waals surface area contributed by atoms with E-state index in [1.807, 2.05) is 6.07 Å². The molecule has 0 atom stereocenters. The van der Waals surface area contributed by atoms with Gasteiger partial charge in [0.05, 0.1) is 24.5 Å². The van der Waals surface area contributed by atoms with E-state index >= 15 is 0 Å². The van der Waals surface area contributed by atoms with Gasteiger partial charge in [-0.2, -0.15) is 5.10 Å². The molecule has 0 unspecified atom stereocenters. The van der Waals surface area contributed by atoms with Crippen LogP contribution in [0.15, 0.2) is 36.5 Å². The molecule has 0 aliphatic rings. The van der Waals surface area contributed by atoms with Crippen molar-refractivity contribution in [2.75, 3.05) is 0 Å². The number of hydrogen-bond acceptors (Lipinski definition) is 2. The summed E-state index contributed by atoms with van der Waals surface area (Å²) in [5, 5.41) is 15.1. The van der Waals surface area contributed by atoms with Gasteiger partial charge in [-0.3, -0.25) is 4.68 Å². The molecule has 0 amide bonds. The van der Waals surface area contributed by atoms with Crippen LogP contribution in [0.4, 0.5) is 0 Å². The fourth-order valence-corrected chi connectivity index (χ4v) is 2.73. The van der Waals surface area contributed by atoms with Crippen molar-refractivity contribution in [3.8, 4) is 0 Å². The first-order valence-corrected chi connectivity index (χ1v) is 7.49. The zero-order chi connectivity index (χ0) is 14.8. The van der Waals surface area contributed by atoms with Crippen LogP contribution in [0, 0.1) is 0 Å². The monoisotopic (exact) mass is 283 g/mol. The van der Waals surface area contributed by atoms with Crippen LogP contribution in [0.1, 0.15) is 30.8 Å². The Morgan fingerprint density at radius 3 is 2.71 bits per heavy atom. The number of rotatable bonds is 5. The van der Waals surface area contributed by atoms with Crippen LogP contribution >= 0.6 is 0 Å². The number of fused-ring (bicyclic) bond motifs is 1. The predicted molar refractivity (Wildman–Crippen MR) is 84.2 cm³/mol. The summed E-state index contributed by atoms with van der Waals surface area (Å²) >= 11 is 0. The number of nitrogens with zero attached hydrogens (tertiary/aromatic N) is 3. The molecule has 0 aliphatic carbocycles. The normalized spacial score (nSPS) is 11.4. The van der Waals surface area contributed by atoms with Crippen molar-refractivity contribution in [1.29, 1.82) is 0 Å². The number of aliphatic hydroxyl groups excluding tert-OH is 1. The summed E-state index contributed by atoms with van der Waals surface area (Å²) < 4.78 is 4.29. The lowest BCUT2D eigenvalue weighted by atomic mass is 10.2. The average Bonchev–Trinajstić information content (AvgIpc) is 3.11. The minimum Gasteiger partial charge on any atom is -0.392 e. The second kappa shape index (κ2) is 5.74. The van der Waals surface area contributed by atoms with E-state index in [1.54, 1.807) is 0 Å². The number of aromatic nitrogens is 3. The molecule has 3 aromatic rings. The molecule has 3 rings (SSSR count). The molecule has 110 valence electrons. The number of aliphatic hydroxyl groups is 1. The Hall–Kier alpha value is -2.07. The smallest absolute Gasteiger partial charge is 0.0682 e. The molecule has 21 heavy (non-hydrogen) atoms. The van der Waals surface area contributed by atoms with Gasteiger partial charge in [-0.25, -0.2) is 0 Å². The van der Waals surface area contributed by atoms with Gasteiger partial charge in [0.2, 0.25) is 0 Å². The largest absolute Gasteiger partial charge is 0.392 e. The van der Waals surface area contributed by atoms with Crippen LogP contribution in [-0.2, 0) is 26.1 Å². The Morgan fingerprint density at radius 2 is 2.00 bits per heavy atom. The summed E-state index contributed by atoms with van der Waals surface area (Å²) in [6, 6.07) is 10.4. The van der Waals surface area contributed by atoms with Crippen molar-refractivity contribution in [3.05, 3.63) is 53.5 Å². The van der Waals surface area contributed by atoms with Gasteiger partial charge >= 0.3 is 0 Å². The van der Waals surface area contributed by atoms with E-state index in [1.165, 1.54) is 11.1 Å². The summed E-state index contributed by atoms with van der Waals surface area (Å²) in [5.41, 5.74) is 4.46. The third kappa shape index (κ3) is 2.59. The van der Waals surface area contributed by atoms with E-state index in [-0.39, 0.29) is 6.61 Å². The SMILES string of the molecule is CCc1cc(Cn2ccc3ccc(CO)cc32)n(CC)n1. The van der Waals surface area contributed by atoms with Gasteiger partial charge in [0.25, 0.3) is 0 Å². The summed E-state index contributed by atoms with van der Waals surface area (Å²) in [5.74, 6) is 0. The molecule has 0 radical (unpaired) electrons. The standard InChI is InChI=1S/C17H21N3O/c1-3-15-10-16(20(4-2)18-15)11-19-8-7-14-6-5-13(12-21)9-17(14)19/h5-10,21H,3-4,11-12H2,1-2H3. The Morgan fingerprint density at radius 1 is 1.14 bits per heavy atom. The summed E-state index contributed by atoms with van der Waals surface area (Å²) in [4.78, 5) is 0. The molecule has 2 aromatic heterocycles. The van der Waals surface area contributed by atoms with Crippen LogP contribution in [-0.4, -0.2) is 19.5 Å². The second-order valence-electron chi connectivity index (χ2n) is 5.29. The molecule has 1 aromatic carbocycles. The Labute approximate surface area is 124 Å². The molecule has 1 N–H and O–H groups in total. The van der Waals surface area contributed by atoms with Crippen molar-refractivity contribution >= 4 is 10.9 Å². The van der Waals surface area contributed by atoms with Gasteiger partial charge in [0.1, 0.15) is 0 Å². The van der Waals surface area contributed by atoms with Gasteiger partial charge in [-0.1, -0.05) is 19.1 Å². The van der Waals surface area contributed by atoms with Crippen LogP contribution in [0.2, 0.25) is 0 Å². The fourth-order valence-electron chi connectivity index (χ4n) is 2.73. The van der Waals surface area contributed by atoms with Crippen molar-refractivity contribution < 1.29 is 5.11 Å². The van der Waals surface area contributed by atoms with Crippen molar-refractivity contribution in [2.45, 2.75) is 40.0 Å². The maximum atomic E-state index is 9.31. The van der Waals surface area contributed by atoms with E-state index in [0.717, 1.165) is 36.3 Å². The minimum absolute atomic E-state index is 0.0774. The maximum absolute atomic E-state index is 9.31. The number of hydrogen-bond donors (Lipinski definition) is 1. The first kappa shape index (κ1) is 13.9. The van der Waals surface area contributed by atoms with Crippen LogP contribution in [0.3, 0.4) is 0 Å². The molecule has 4 nitrogen and oxygen atoms in total. The number of benzene rings is 1. The lowest BCUT2D eigenvalue weighted by Gasteiger charge is -2.08. The first-order valence-electron chi connectivity index (χ1n) is 7.49. The van der Waals surface area contributed by atoms with Crippen molar-refractivity contribution in [1.82, 2.24) is 14.3 Å². The molecule has 0 aliphatic heterocycles. The summed E-state index contributed by atoms with van der Waals surface area (Å²) in [6.45, 7) is 6.02. The maximum Gasteiger partial charge on any atom is 0.0682 e. The van der Waals surface area contributed by atoms with Gasteiger partial charge < -0.3 is 9.67 Å². The molecule has 0 fully saturated rings. The topological polar surface area (TPSA) is 43.0 Å². The van der Waals surface area contributed by atoms with E-state index in [0.29, 0.717) is 0 Å². The lowest BCUT2D eigenvalue weighted by Crippen LogP contribution is -2.07. The Balaban J connectivity index is 1.99. The van der Waals surface area contributed by atoms with E-state index < -0.39 is 0 Å². The zero-order valence-corrected chi connectivity index (χ0v) is 12.6. The fraction of sp³-hybridized carbons (Fsp3) is 0.353. The predicted octanol–water partition coefficient (Wildman–Crippen LogP) is 2.96. The summed E-state index contributed by atoms with van der Waals surface area (Å²) in [6.07, 6.45) is 3.06. The molecule has 0 spiro atoms. The van der Waals surface area contributed by atoms with Gasteiger partial charge in [-0.15, -0.1) is 0 Å². The first-order chi connectivity index (χ1) is 10.2. The highest BCUT2D eigenvalue weighted by molar-refractivity contribution is 5.80. The summed E-state index contributed by atoms with van der Waals surface area (Å²) in [7, 11) is 0. The zero-order valence-electron chi connectivity index (χ0n) is 12.6. The molecular formula is C17H21N3O. The second-order valence-corrected chi connectivity index (χ2v) is 5.29. The molecular weight excluding hydrogens is 262 g/mol. The van der Waals surface area contributed by atoms with Crippen LogP contribution < -0.4 is 0 Å². The van der Waals surface area contributed by atoms with E-state index in [2.05, 4.69) is 58.7 Å². The average molecular weight is 283 g/mol. The van der Waals surface area contributed by atoms with E-state index in [9.17, 15) is 5.11 Å². The highest BCUT2D eigenvalue weighted by Gasteiger charge is 2.08. The third-order valence-electron chi connectivity index (χ3n) is 3.93. The van der Waals surface area contributed by atoms with Gasteiger partial charge in [0.15, 0.2) is 0 Å². The lowest BCUT2D eigenvalue weighted by molar-refractivity contribution is 0.282. The van der Waals surface area contributed by atoms with Crippen molar-refractivity contribution in [3.63, 3.8) is 0 Å². The van der Waals surface area contributed by atoms with E-state index in [4.69, 9.17) is 0 Å². The number of aryl methyl sites for hydroxylation is 2. The highest BCUT2D eigenvalue weighted by Crippen LogP contribution is 2.19. The van der Waals surface area contributed by atoms with Gasteiger partial charge in [0, 0.05) is 18.3 Å². The Kier molecular flexibility index (Phi) is 3.80. The highest BCUT2D eigenvalue weighted by atomic mass is 16.3.